The molecule has 0 saturated carbocycles. The largest absolute Gasteiger partial charge is 0.491 e. The molecule has 6 nitrogen and oxygen atoms in total. The number of rotatable bonds is 10. The molecule has 30 heavy (non-hydrogen) atoms. The molecule has 1 unspecified atom stereocenters. The van der Waals surface area contributed by atoms with E-state index in [1.54, 1.807) is 29.2 Å². The van der Waals surface area contributed by atoms with Crippen molar-refractivity contribution in [2.75, 3.05) is 13.1 Å². The van der Waals surface area contributed by atoms with Crippen molar-refractivity contribution in [1.29, 1.82) is 0 Å². The highest BCUT2D eigenvalue weighted by molar-refractivity contribution is 7.80. The Morgan fingerprint density at radius 1 is 1.10 bits per heavy atom. The molecule has 160 valence electrons. The van der Waals surface area contributed by atoms with Gasteiger partial charge < -0.3 is 15.4 Å². The van der Waals surface area contributed by atoms with Crippen LogP contribution in [0.4, 0.5) is 0 Å². The zero-order valence-corrected chi connectivity index (χ0v) is 18.3. The Morgan fingerprint density at radius 3 is 2.37 bits per heavy atom. The molecule has 2 rings (SSSR count). The monoisotopic (exact) mass is 427 g/mol. The molecule has 1 atom stereocenters. The zero-order valence-electron chi connectivity index (χ0n) is 17.5. The van der Waals surface area contributed by atoms with E-state index in [1.165, 1.54) is 0 Å². The number of thiocarbonyl (C=S) groups is 1. The molecule has 0 aliphatic rings. The van der Waals surface area contributed by atoms with E-state index in [4.69, 9.17) is 22.7 Å². The molecule has 0 spiro atoms. The Labute approximate surface area is 183 Å². The van der Waals surface area contributed by atoms with Crippen molar-refractivity contribution >= 4 is 29.1 Å². The van der Waals surface area contributed by atoms with Gasteiger partial charge in [0.25, 0.3) is 5.91 Å². The minimum Gasteiger partial charge on any atom is -0.491 e. The number of benzene rings is 2. The van der Waals surface area contributed by atoms with E-state index in [0.29, 0.717) is 18.7 Å². The van der Waals surface area contributed by atoms with Gasteiger partial charge in [-0.2, -0.15) is 0 Å². The standard InChI is InChI=1S/C23H29N3O3S/c1-3-17(2)29-20-11-9-19(10-12-20)22(28)25-23(30)26(16-14-21(24)27)15-13-18-7-5-4-6-8-18/h4-12,17H,3,13-16H2,1-2H3,(H2,24,27)(H,25,28,30). The first-order valence-corrected chi connectivity index (χ1v) is 10.5. The third-order valence-corrected chi connectivity index (χ3v) is 5.04. The number of amides is 2. The van der Waals surface area contributed by atoms with E-state index in [1.807, 2.05) is 37.3 Å². The number of nitrogens with two attached hydrogens (primary N) is 1. The van der Waals surface area contributed by atoms with Gasteiger partial charge in [0.15, 0.2) is 5.11 Å². The number of hydrogen-bond acceptors (Lipinski definition) is 4. The second-order valence-corrected chi connectivity index (χ2v) is 7.45. The summed E-state index contributed by atoms with van der Waals surface area (Å²) in [6, 6.07) is 16.9. The molecule has 2 aromatic rings. The van der Waals surface area contributed by atoms with Crippen LogP contribution in [0.25, 0.3) is 0 Å². The molecule has 0 bridgehead atoms. The van der Waals surface area contributed by atoms with Crippen LogP contribution >= 0.6 is 12.2 Å². The fourth-order valence-electron chi connectivity index (χ4n) is 2.72. The van der Waals surface area contributed by atoms with Gasteiger partial charge in [-0.15, -0.1) is 0 Å². The summed E-state index contributed by atoms with van der Waals surface area (Å²) in [6.45, 7) is 4.96. The van der Waals surface area contributed by atoms with Gasteiger partial charge in [0.2, 0.25) is 5.91 Å². The SMILES string of the molecule is CCC(C)Oc1ccc(C(=O)NC(=S)N(CCC(N)=O)CCc2ccccc2)cc1. The van der Waals surface area contributed by atoms with Gasteiger partial charge in [-0.05, 0) is 61.8 Å². The van der Waals surface area contributed by atoms with Crippen LogP contribution < -0.4 is 15.8 Å². The summed E-state index contributed by atoms with van der Waals surface area (Å²) in [5, 5.41) is 3.03. The van der Waals surface area contributed by atoms with E-state index in [9.17, 15) is 9.59 Å². The number of carbonyl (C=O) groups excluding carboxylic acids is 2. The van der Waals surface area contributed by atoms with Gasteiger partial charge in [0, 0.05) is 25.1 Å². The predicted molar refractivity (Wildman–Crippen MR) is 122 cm³/mol. The third-order valence-electron chi connectivity index (χ3n) is 4.68. The topological polar surface area (TPSA) is 84.7 Å². The van der Waals surface area contributed by atoms with Crippen molar-refractivity contribution < 1.29 is 14.3 Å². The Balaban J connectivity index is 1.98. The van der Waals surface area contributed by atoms with Crippen LogP contribution in [0.1, 0.15) is 42.6 Å². The Bertz CT molecular complexity index is 841. The summed E-state index contributed by atoms with van der Waals surface area (Å²) in [5.74, 6) is -0.000896. The van der Waals surface area contributed by atoms with E-state index in [-0.39, 0.29) is 23.5 Å². The minimum atomic E-state index is -0.411. The smallest absolute Gasteiger partial charge is 0.257 e. The van der Waals surface area contributed by atoms with Crippen LogP contribution in [0, 0.1) is 0 Å². The maximum absolute atomic E-state index is 12.6. The second-order valence-electron chi connectivity index (χ2n) is 7.06. The molecule has 0 aliphatic heterocycles. The molecule has 0 saturated heterocycles. The molecule has 3 N–H and O–H groups in total. The van der Waals surface area contributed by atoms with Crippen LogP contribution in [0.15, 0.2) is 54.6 Å². The van der Waals surface area contributed by atoms with E-state index < -0.39 is 5.91 Å². The molecule has 0 heterocycles. The quantitative estimate of drug-likeness (QED) is 0.569. The maximum Gasteiger partial charge on any atom is 0.257 e. The summed E-state index contributed by atoms with van der Waals surface area (Å²) in [6.07, 6.45) is 1.91. The minimum absolute atomic E-state index is 0.112. The van der Waals surface area contributed by atoms with E-state index >= 15 is 0 Å². The molecule has 2 amide bonds. The summed E-state index contributed by atoms with van der Waals surface area (Å²) < 4.78 is 5.74. The summed E-state index contributed by atoms with van der Waals surface area (Å²) in [5.41, 5.74) is 6.92. The first kappa shape index (κ1) is 23.3. The van der Waals surface area contributed by atoms with Gasteiger partial charge in [-0.25, -0.2) is 0 Å². The van der Waals surface area contributed by atoms with Crippen LogP contribution in [0.5, 0.6) is 5.75 Å². The van der Waals surface area contributed by atoms with Crippen molar-refractivity contribution in [2.24, 2.45) is 5.73 Å². The van der Waals surface area contributed by atoms with Crippen molar-refractivity contribution in [1.82, 2.24) is 10.2 Å². The van der Waals surface area contributed by atoms with Gasteiger partial charge >= 0.3 is 0 Å². The lowest BCUT2D eigenvalue weighted by molar-refractivity contribution is -0.118. The predicted octanol–water partition coefficient (Wildman–Crippen LogP) is 3.30. The molecular formula is C23H29N3O3S. The second kappa shape index (κ2) is 11.9. The Hall–Kier alpha value is -2.93. The zero-order chi connectivity index (χ0) is 21.9. The van der Waals surface area contributed by atoms with Gasteiger partial charge in [0.05, 0.1) is 6.10 Å². The molecule has 0 fully saturated rings. The normalized spacial score (nSPS) is 11.4. The van der Waals surface area contributed by atoms with Gasteiger partial charge in [-0.3, -0.25) is 14.9 Å². The number of hydrogen-bond donors (Lipinski definition) is 2. The lowest BCUT2D eigenvalue weighted by Gasteiger charge is -2.25. The average Bonchev–Trinajstić information content (AvgIpc) is 2.74. The van der Waals surface area contributed by atoms with E-state index in [2.05, 4.69) is 12.2 Å². The number of nitrogens with zero attached hydrogens (tertiary/aromatic N) is 1. The fraction of sp³-hybridized carbons (Fsp3) is 0.348. The highest BCUT2D eigenvalue weighted by Crippen LogP contribution is 2.15. The first-order chi connectivity index (χ1) is 14.4. The summed E-state index contributed by atoms with van der Waals surface area (Å²) in [7, 11) is 0. The number of carbonyl (C=O) groups is 2. The van der Waals surface area contributed by atoms with Crippen molar-refractivity contribution in [3.63, 3.8) is 0 Å². The maximum atomic E-state index is 12.6. The summed E-state index contributed by atoms with van der Waals surface area (Å²) >= 11 is 5.43. The number of nitrogens with one attached hydrogen (secondary N) is 1. The van der Waals surface area contributed by atoms with Crippen LogP contribution in [-0.2, 0) is 11.2 Å². The van der Waals surface area contributed by atoms with Crippen LogP contribution in [0.2, 0.25) is 0 Å². The molecule has 0 aliphatic carbocycles. The van der Waals surface area contributed by atoms with Crippen molar-refractivity contribution in [2.45, 2.75) is 39.2 Å². The lowest BCUT2D eigenvalue weighted by Crippen LogP contribution is -2.44. The molecular weight excluding hydrogens is 398 g/mol. The fourth-order valence-corrected chi connectivity index (χ4v) is 2.99. The van der Waals surface area contributed by atoms with Crippen molar-refractivity contribution in [3.8, 4) is 5.75 Å². The van der Waals surface area contributed by atoms with E-state index in [0.717, 1.165) is 24.2 Å². The van der Waals surface area contributed by atoms with Crippen LogP contribution in [-0.4, -0.2) is 41.0 Å². The Kier molecular flexibility index (Phi) is 9.28. The Morgan fingerprint density at radius 2 is 1.77 bits per heavy atom. The van der Waals surface area contributed by atoms with Crippen molar-refractivity contribution in [3.05, 3.63) is 65.7 Å². The summed E-state index contributed by atoms with van der Waals surface area (Å²) in [4.78, 5) is 25.6. The molecule has 2 aromatic carbocycles. The molecule has 7 heteroatoms. The van der Waals surface area contributed by atoms with Crippen LogP contribution in [0.3, 0.4) is 0 Å². The average molecular weight is 428 g/mol. The van der Waals surface area contributed by atoms with Gasteiger partial charge in [0.1, 0.15) is 5.75 Å². The highest BCUT2D eigenvalue weighted by Gasteiger charge is 2.15. The third kappa shape index (κ3) is 7.83. The highest BCUT2D eigenvalue weighted by atomic mass is 32.1. The number of primary amides is 1. The lowest BCUT2D eigenvalue weighted by atomic mass is 10.1. The van der Waals surface area contributed by atoms with Gasteiger partial charge in [-0.1, -0.05) is 37.3 Å². The molecule has 0 radical (unpaired) electrons. The molecule has 0 aromatic heterocycles. The first-order valence-electron chi connectivity index (χ1n) is 10.1. The number of ether oxygens (including phenoxy) is 1.